The van der Waals surface area contributed by atoms with E-state index >= 15 is 0 Å². The zero-order chi connectivity index (χ0) is 19.9. The topological polar surface area (TPSA) is 67.9 Å². The van der Waals surface area contributed by atoms with Crippen LogP contribution in [-0.4, -0.2) is 50.1 Å². The molecule has 28 heavy (non-hydrogen) atoms. The fourth-order valence-corrected chi connectivity index (χ4v) is 5.38. The molecule has 6 nitrogen and oxygen atoms in total. The normalized spacial score (nSPS) is 31.9. The number of hydrogen-bond acceptors (Lipinski definition) is 5. The van der Waals surface area contributed by atoms with Crippen molar-refractivity contribution in [3.8, 4) is 0 Å². The summed E-state index contributed by atoms with van der Waals surface area (Å²) in [6.45, 7) is 5.60. The van der Waals surface area contributed by atoms with E-state index in [-0.39, 0.29) is 23.8 Å². The van der Waals surface area contributed by atoms with Gasteiger partial charge in [-0.3, -0.25) is 9.69 Å². The van der Waals surface area contributed by atoms with Crippen molar-refractivity contribution in [1.82, 2.24) is 4.90 Å². The number of nitrogens with one attached hydrogen (secondary N) is 1. The maximum atomic E-state index is 13.2. The third-order valence-electron chi connectivity index (χ3n) is 6.67. The predicted octanol–water partition coefficient (Wildman–Crippen LogP) is 2.48. The van der Waals surface area contributed by atoms with Crippen molar-refractivity contribution in [3.05, 3.63) is 54.3 Å². The average Bonchev–Trinajstić information content (AvgIpc) is 3.23. The second-order valence-corrected chi connectivity index (χ2v) is 7.77. The molecular formula is C22H26N2O4. The lowest BCUT2D eigenvalue weighted by Gasteiger charge is -2.44. The highest BCUT2D eigenvalue weighted by atomic mass is 16.5. The van der Waals surface area contributed by atoms with E-state index in [1.54, 1.807) is 0 Å². The van der Waals surface area contributed by atoms with E-state index < -0.39 is 11.4 Å². The molecule has 3 heterocycles. The van der Waals surface area contributed by atoms with E-state index in [0.717, 1.165) is 30.8 Å². The molecule has 6 heteroatoms. The minimum absolute atomic E-state index is 0.0160. The van der Waals surface area contributed by atoms with Crippen LogP contribution in [0.3, 0.4) is 0 Å². The van der Waals surface area contributed by atoms with E-state index in [1.165, 1.54) is 20.5 Å². The van der Waals surface area contributed by atoms with Gasteiger partial charge in [-0.1, -0.05) is 24.3 Å². The summed E-state index contributed by atoms with van der Waals surface area (Å²) in [5, 5.41) is 3.07. The first-order chi connectivity index (χ1) is 13.6. The molecule has 4 rings (SSSR count). The number of piperidine rings is 1. The Hall–Kier alpha value is -2.60. The number of anilines is 1. The Morgan fingerprint density at radius 1 is 1.36 bits per heavy atom. The number of carbonyl (C=O) groups excluding carboxylic acids is 2. The molecule has 2 saturated heterocycles. The molecule has 0 saturated carbocycles. The highest BCUT2D eigenvalue weighted by molar-refractivity contribution is 6.07. The molecule has 3 aliphatic rings. The number of benzene rings is 1. The number of rotatable bonds is 4. The van der Waals surface area contributed by atoms with Gasteiger partial charge < -0.3 is 14.8 Å². The Bertz CT molecular complexity index is 849. The molecule has 3 aliphatic heterocycles. The van der Waals surface area contributed by atoms with Crippen LogP contribution in [0.25, 0.3) is 0 Å². The van der Waals surface area contributed by atoms with Gasteiger partial charge in [0.1, 0.15) is 0 Å². The van der Waals surface area contributed by atoms with Gasteiger partial charge in [-0.15, -0.1) is 6.58 Å². The van der Waals surface area contributed by atoms with Gasteiger partial charge in [-0.05, 0) is 36.9 Å². The zero-order valence-electron chi connectivity index (χ0n) is 16.3. The zero-order valence-corrected chi connectivity index (χ0v) is 16.3. The number of nitrogens with zero attached hydrogens (tertiary/aromatic N) is 1. The van der Waals surface area contributed by atoms with Gasteiger partial charge in [0.2, 0.25) is 5.91 Å². The summed E-state index contributed by atoms with van der Waals surface area (Å²) in [6.07, 6.45) is 4.83. The highest BCUT2D eigenvalue weighted by Gasteiger charge is 2.60. The number of para-hydroxylation sites is 1. The number of esters is 1. The first kappa shape index (κ1) is 18.7. The van der Waals surface area contributed by atoms with Crippen molar-refractivity contribution in [1.29, 1.82) is 0 Å². The third kappa shape index (κ3) is 2.58. The second-order valence-electron chi connectivity index (χ2n) is 7.77. The molecule has 0 aliphatic carbocycles. The molecule has 1 N–H and O–H groups in total. The van der Waals surface area contributed by atoms with Crippen molar-refractivity contribution in [2.45, 2.75) is 24.3 Å². The maximum absolute atomic E-state index is 13.2. The van der Waals surface area contributed by atoms with E-state index in [2.05, 4.69) is 22.9 Å². The van der Waals surface area contributed by atoms with Gasteiger partial charge in [-0.2, -0.15) is 0 Å². The van der Waals surface area contributed by atoms with E-state index in [1.807, 2.05) is 24.3 Å². The fourth-order valence-electron chi connectivity index (χ4n) is 5.38. The van der Waals surface area contributed by atoms with Gasteiger partial charge in [0.25, 0.3) is 0 Å². The fraction of sp³-hybridized carbons (Fsp3) is 0.455. The van der Waals surface area contributed by atoms with E-state index in [9.17, 15) is 9.59 Å². The van der Waals surface area contributed by atoms with Crippen LogP contribution < -0.4 is 5.32 Å². The molecule has 1 amide bonds. The highest BCUT2D eigenvalue weighted by Crippen LogP contribution is 2.52. The Kier molecular flexibility index (Phi) is 4.75. The van der Waals surface area contributed by atoms with Crippen molar-refractivity contribution in [3.63, 3.8) is 0 Å². The summed E-state index contributed by atoms with van der Waals surface area (Å²) < 4.78 is 10.2. The van der Waals surface area contributed by atoms with Crippen LogP contribution >= 0.6 is 0 Å². The maximum Gasteiger partial charge on any atom is 0.337 e. The van der Waals surface area contributed by atoms with Crippen molar-refractivity contribution in [2.24, 2.45) is 11.8 Å². The first-order valence-electron chi connectivity index (χ1n) is 9.65. The van der Waals surface area contributed by atoms with Crippen LogP contribution in [-0.2, 0) is 24.5 Å². The molecule has 0 radical (unpaired) electrons. The molecule has 4 atom stereocenters. The molecule has 1 aromatic carbocycles. The SMILES string of the molecule is C=C[C@@H]1CN2CC[C@@]3(C(=O)Nc4ccccc43)[C@@H]2C[C@@H]1/C(=C\OC)C(=O)OC. The molecule has 1 aromatic rings. The summed E-state index contributed by atoms with van der Waals surface area (Å²) in [6, 6.07) is 7.96. The lowest BCUT2D eigenvalue weighted by Crippen LogP contribution is -2.53. The van der Waals surface area contributed by atoms with Crippen LogP contribution in [0, 0.1) is 11.8 Å². The summed E-state index contributed by atoms with van der Waals surface area (Å²) in [5.41, 5.74) is 1.90. The number of fused-ring (bicyclic) bond motifs is 4. The molecule has 0 bridgehead atoms. The lowest BCUT2D eigenvalue weighted by atomic mass is 9.68. The van der Waals surface area contributed by atoms with Crippen molar-refractivity contribution < 1.29 is 19.1 Å². The lowest BCUT2D eigenvalue weighted by molar-refractivity contribution is -0.137. The monoisotopic (exact) mass is 382 g/mol. The van der Waals surface area contributed by atoms with Crippen LogP contribution in [0.1, 0.15) is 18.4 Å². The van der Waals surface area contributed by atoms with Gasteiger partial charge >= 0.3 is 5.97 Å². The number of methoxy groups -OCH3 is 2. The summed E-state index contributed by atoms with van der Waals surface area (Å²) in [7, 11) is 2.90. The Morgan fingerprint density at radius 2 is 2.14 bits per heavy atom. The number of carbonyl (C=O) groups is 2. The molecular weight excluding hydrogens is 356 g/mol. The molecule has 1 spiro atoms. The molecule has 0 unspecified atom stereocenters. The first-order valence-corrected chi connectivity index (χ1v) is 9.65. The molecule has 148 valence electrons. The average molecular weight is 382 g/mol. The Balaban J connectivity index is 1.75. The number of amides is 1. The largest absolute Gasteiger partial charge is 0.504 e. The van der Waals surface area contributed by atoms with Gasteiger partial charge in [0.15, 0.2) is 0 Å². The third-order valence-corrected chi connectivity index (χ3v) is 6.67. The van der Waals surface area contributed by atoms with Crippen LogP contribution in [0.4, 0.5) is 5.69 Å². The molecule has 2 fully saturated rings. The smallest absolute Gasteiger partial charge is 0.337 e. The van der Waals surface area contributed by atoms with Gasteiger partial charge in [0.05, 0.1) is 31.5 Å². The number of hydrogen-bond donors (Lipinski definition) is 1. The quantitative estimate of drug-likeness (QED) is 0.375. The van der Waals surface area contributed by atoms with E-state index in [4.69, 9.17) is 9.47 Å². The van der Waals surface area contributed by atoms with Crippen LogP contribution in [0.15, 0.2) is 48.8 Å². The van der Waals surface area contributed by atoms with Gasteiger partial charge in [0, 0.05) is 24.2 Å². The standard InChI is InChI=1S/C22H26N2O4/c1-4-14-12-24-10-9-22(17-7-5-6-8-18(17)23-21(22)26)19(24)11-15(14)16(13-27-2)20(25)28-3/h4-8,13-15,19H,1,9-12H2,2-3H3,(H,23,26)/b16-13+/t14-,15+,19+,22+/m1/s1. The van der Waals surface area contributed by atoms with Crippen LogP contribution in [0.5, 0.6) is 0 Å². The summed E-state index contributed by atoms with van der Waals surface area (Å²) in [4.78, 5) is 28.0. The minimum atomic E-state index is -0.574. The van der Waals surface area contributed by atoms with Crippen LogP contribution in [0.2, 0.25) is 0 Å². The van der Waals surface area contributed by atoms with Crippen molar-refractivity contribution >= 4 is 17.6 Å². The summed E-state index contributed by atoms with van der Waals surface area (Å²) >= 11 is 0. The second kappa shape index (κ2) is 7.09. The Morgan fingerprint density at radius 3 is 2.86 bits per heavy atom. The molecule has 0 aromatic heterocycles. The van der Waals surface area contributed by atoms with E-state index in [0.29, 0.717) is 12.0 Å². The predicted molar refractivity (Wildman–Crippen MR) is 106 cm³/mol. The Labute approximate surface area is 165 Å². The summed E-state index contributed by atoms with van der Waals surface area (Å²) in [5.74, 6) is -0.351. The number of ether oxygens (including phenoxy) is 2. The minimum Gasteiger partial charge on any atom is -0.504 e. The van der Waals surface area contributed by atoms with Gasteiger partial charge in [-0.25, -0.2) is 4.79 Å². The van der Waals surface area contributed by atoms with Crippen molar-refractivity contribution in [2.75, 3.05) is 32.6 Å².